The fourth-order valence-electron chi connectivity index (χ4n) is 2.56. The number of hydrogen-bond acceptors (Lipinski definition) is 4. The van der Waals surface area contributed by atoms with Crippen LogP contribution in [-0.4, -0.2) is 48.6 Å². The third kappa shape index (κ3) is 2.30. The van der Waals surface area contributed by atoms with Crippen LogP contribution in [0.5, 0.6) is 0 Å². The van der Waals surface area contributed by atoms with E-state index in [1.807, 2.05) is 0 Å². The topological polar surface area (TPSA) is 74.8 Å². The highest BCUT2D eigenvalue weighted by Gasteiger charge is 2.45. The van der Waals surface area contributed by atoms with E-state index < -0.39 is 27.7 Å². The van der Waals surface area contributed by atoms with Crippen molar-refractivity contribution >= 4 is 21.8 Å². The number of imide groups is 1. The van der Waals surface area contributed by atoms with Crippen LogP contribution >= 0.6 is 0 Å². The molecule has 0 aliphatic carbocycles. The van der Waals surface area contributed by atoms with Gasteiger partial charge in [-0.2, -0.15) is 4.31 Å². The molecule has 0 aromatic heterocycles. The van der Waals surface area contributed by atoms with Crippen molar-refractivity contribution in [3.63, 3.8) is 0 Å². The van der Waals surface area contributed by atoms with Crippen LogP contribution in [0.3, 0.4) is 0 Å². The normalized spacial score (nSPS) is 20.5. The Balaban J connectivity index is 1.75. The van der Waals surface area contributed by atoms with Gasteiger partial charge in [0.1, 0.15) is 0 Å². The van der Waals surface area contributed by atoms with Crippen LogP contribution in [-0.2, 0) is 19.6 Å². The molecule has 2 amide bonds. The summed E-state index contributed by atoms with van der Waals surface area (Å²) in [5, 5.41) is 0. The monoisotopic (exact) mass is 330 g/mol. The summed E-state index contributed by atoms with van der Waals surface area (Å²) >= 11 is 0. The number of sulfonamides is 1. The molecule has 2 fully saturated rings. The first-order valence-corrected chi connectivity index (χ1v) is 8.05. The van der Waals surface area contributed by atoms with Crippen molar-refractivity contribution in [1.82, 2.24) is 9.21 Å². The molecule has 2 heterocycles. The van der Waals surface area contributed by atoms with Gasteiger partial charge < -0.3 is 0 Å². The van der Waals surface area contributed by atoms with E-state index in [0.29, 0.717) is 6.07 Å². The predicted molar refractivity (Wildman–Crippen MR) is 70.0 cm³/mol. The minimum absolute atomic E-state index is 0.0290. The molecule has 0 atom stereocenters. The largest absolute Gasteiger partial charge is 0.277 e. The van der Waals surface area contributed by atoms with Crippen molar-refractivity contribution in [2.24, 2.45) is 0 Å². The summed E-state index contributed by atoms with van der Waals surface area (Å²) in [5.74, 6) is -2.99. The van der Waals surface area contributed by atoms with Crippen molar-refractivity contribution in [2.45, 2.75) is 23.8 Å². The molecule has 0 radical (unpaired) electrons. The summed E-state index contributed by atoms with van der Waals surface area (Å²) in [6.07, 6.45) is 0.288. The lowest BCUT2D eigenvalue weighted by Gasteiger charge is -2.41. The first-order chi connectivity index (χ1) is 10.3. The Morgan fingerprint density at radius 2 is 1.59 bits per heavy atom. The Morgan fingerprint density at radius 1 is 1.00 bits per heavy atom. The number of carbonyl (C=O) groups excluding carboxylic acids is 2. The molecule has 2 saturated heterocycles. The zero-order valence-corrected chi connectivity index (χ0v) is 12.1. The maximum atomic E-state index is 13.2. The molecule has 0 bridgehead atoms. The van der Waals surface area contributed by atoms with Crippen molar-refractivity contribution in [2.75, 3.05) is 13.1 Å². The summed E-state index contributed by atoms with van der Waals surface area (Å²) in [4.78, 5) is 23.9. The average Bonchev–Trinajstić information content (AvgIpc) is 2.72. The molecule has 0 spiro atoms. The van der Waals surface area contributed by atoms with Gasteiger partial charge in [0.25, 0.3) is 0 Å². The third-order valence-electron chi connectivity index (χ3n) is 3.81. The van der Waals surface area contributed by atoms with Crippen molar-refractivity contribution in [3.8, 4) is 0 Å². The van der Waals surface area contributed by atoms with E-state index in [0.717, 1.165) is 21.3 Å². The molecule has 0 saturated carbocycles. The van der Waals surface area contributed by atoms with Crippen LogP contribution in [0.15, 0.2) is 23.1 Å². The molecule has 6 nitrogen and oxygen atoms in total. The van der Waals surface area contributed by atoms with Crippen LogP contribution in [0.2, 0.25) is 0 Å². The van der Waals surface area contributed by atoms with Gasteiger partial charge in [-0.05, 0) is 18.2 Å². The second-order valence-electron chi connectivity index (χ2n) is 5.21. The Kier molecular flexibility index (Phi) is 3.48. The number of carbonyl (C=O) groups is 2. The van der Waals surface area contributed by atoms with Crippen LogP contribution in [0.4, 0.5) is 8.78 Å². The van der Waals surface area contributed by atoms with Gasteiger partial charge in [-0.25, -0.2) is 17.2 Å². The predicted octanol–water partition coefficient (Wildman–Crippen LogP) is 0.487. The van der Waals surface area contributed by atoms with Crippen LogP contribution in [0.1, 0.15) is 12.8 Å². The molecule has 0 unspecified atom stereocenters. The van der Waals surface area contributed by atoms with E-state index in [1.165, 1.54) is 0 Å². The first kappa shape index (κ1) is 15.0. The molecule has 3 rings (SSSR count). The van der Waals surface area contributed by atoms with Crippen LogP contribution < -0.4 is 0 Å². The van der Waals surface area contributed by atoms with Crippen molar-refractivity contribution in [3.05, 3.63) is 29.8 Å². The molecule has 0 N–H and O–H groups in total. The Bertz CT molecular complexity index is 743. The highest BCUT2D eigenvalue weighted by atomic mass is 32.2. The molecular formula is C13H12F2N2O4S. The van der Waals surface area contributed by atoms with Gasteiger partial charge in [-0.15, -0.1) is 0 Å². The van der Waals surface area contributed by atoms with Crippen molar-refractivity contribution < 1.29 is 26.8 Å². The Labute approximate surface area is 125 Å². The minimum Gasteiger partial charge on any atom is -0.277 e. The molecule has 2 aliphatic heterocycles. The zero-order valence-electron chi connectivity index (χ0n) is 11.3. The van der Waals surface area contributed by atoms with E-state index in [4.69, 9.17) is 0 Å². The second-order valence-corrected chi connectivity index (χ2v) is 7.15. The fraction of sp³-hybridized carbons (Fsp3) is 0.385. The number of hydrogen-bond donors (Lipinski definition) is 0. The van der Waals surface area contributed by atoms with Gasteiger partial charge in [0.05, 0.1) is 10.9 Å². The second kappa shape index (κ2) is 5.10. The van der Waals surface area contributed by atoms with Gasteiger partial charge in [0.15, 0.2) is 11.6 Å². The summed E-state index contributed by atoms with van der Waals surface area (Å²) in [6.45, 7) is -0.0579. The molecule has 118 valence electrons. The van der Waals surface area contributed by atoms with Gasteiger partial charge >= 0.3 is 0 Å². The maximum Gasteiger partial charge on any atom is 0.243 e. The molecule has 9 heteroatoms. The quantitative estimate of drug-likeness (QED) is 0.756. The Morgan fingerprint density at radius 3 is 2.14 bits per heavy atom. The Hall–Kier alpha value is -1.87. The summed E-state index contributed by atoms with van der Waals surface area (Å²) < 4.78 is 51.6. The minimum atomic E-state index is -3.96. The highest BCUT2D eigenvalue weighted by Crippen LogP contribution is 2.28. The molecule has 2 aliphatic rings. The number of likely N-dealkylation sites (tertiary alicyclic amines) is 1. The van der Waals surface area contributed by atoms with Gasteiger partial charge in [-0.3, -0.25) is 14.5 Å². The van der Waals surface area contributed by atoms with E-state index in [9.17, 15) is 26.8 Å². The smallest absolute Gasteiger partial charge is 0.243 e. The molecule has 1 aromatic rings. The highest BCUT2D eigenvalue weighted by molar-refractivity contribution is 7.89. The third-order valence-corrected chi connectivity index (χ3v) is 5.64. The standard InChI is InChI=1S/C13H12F2N2O4S/c14-10-2-1-9(5-11(10)15)22(20,21)16-6-8(7-16)17-12(18)3-4-13(17)19/h1-2,5,8H,3-4,6-7H2. The fourth-order valence-corrected chi connectivity index (χ4v) is 4.09. The van der Waals surface area contributed by atoms with Crippen LogP contribution in [0.25, 0.3) is 0 Å². The van der Waals surface area contributed by atoms with Crippen LogP contribution in [0, 0.1) is 11.6 Å². The summed E-state index contributed by atoms with van der Waals surface area (Å²) in [6, 6.07) is 1.85. The summed E-state index contributed by atoms with van der Waals surface area (Å²) in [7, 11) is -3.96. The van der Waals surface area contributed by atoms with Gasteiger partial charge in [0, 0.05) is 25.9 Å². The van der Waals surface area contributed by atoms with Gasteiger partial charge in [0.2, 0.25) is 21.8 Å². The molecular weight excluding hydrogens is 318 g/mol. The van der Waals surface area contributed by atoms with E-state index in [-0.39, 0.29) is 42.6 Å². The van der Waals surface area contributed by atoms with Gasteiger partial charge in [-0.1, -0.05) is 0 Å². The lowest BCUT2D eigenvalue weighted by atomic mass is 10.1. The molecule has 1 aromatic carbocycles. The summed E-state index contributed by atoms with van der Waals surface area (Å²) in [5.41, 5.74) is 0. The zero-order chi connectivity index (χ0) is 16.1. The maximum absolute atomic E-state index is 13.2. The average molecular weight is 330 g/mol. The first-order valence-electron chi connectivity index (χ1n) is 6.61. The number of amides is 2. The number of nitrogens with zero attached hydrogens (tertiary/aromatic N) is 2. The number of benzene rings is 1. The lowest BCUT2D eigenvalue weighted by molar-refractivity contribution is -0.143. The SMILES string of the molecule is O=C1CCC(=O)N1C1CN(S(=O)(=O)c2ccc(F)c(F)c2)C1. The van der Waals surface area contributed by atoms with E-state index in [1.54, 1.807) is 0 Å². The van der Waals surface area contributed by atoms with Crippen molar-refractivity contribution in [1.29, 1.82) is 0 Å². The number of halogens is 2. The lowest BCUT2D eigenvalue weighted by Crippen LogP contribution is -2.62. The number of rotatable bonds is 3. The van der Waals surface area contributed by atoms with E-state index in [2.05, 4.69) is 0 Å². The molecule has 22 heavy (non-hydrogen) atoms. The van der Waals surface area contributed by atoms with E-state index >= 15 is 0 Å².